The highest BCUT2D eigenvalue weighted by molar-refractivity contribution is 6.04. The number of carbonyl (C=O) groups excluding carboxylic acids is 3. The molecule has 3 amide bonds. The van der Waals surface area contributed by atoms with Gasteiger partial charge in [-0.2, -0.15) is 0 Å². The number of rotatable bonds is 8. The molecule has 0 spiro atoms. The largest absolute Gasteiger partial charge is 0.352 e. The third kappa shape index (κ3) is 6.28. The van der Waals surface area contributed by atoms with Crippen LogP contribution in [0.1, 0.15) is 51.2 Å². The zero-order valence-corrected chi connectivity index (χ0v) is 18.2. The predicted octanol–water partition coefficient (Wildman–Crippen LogP) is 4.24. The number of amides is 3. The predicted molar refractivity (Wildman–Crippen MR) is 126 cm³/mol. The number of anilines is 1. The van der Waals surface area contributed by atoms with E-state index < -0.39 is 0 Å². The summed E-state index contributed by atoms with van der Waals surface area (Å²) in [7, 11) is 0. The van der Waals surface area contributed by atoms with Crippen LogP contribution in [0.25, 0.3) is 0 Å². The van der Waals surface area contributed by atoms with Crippen LogP contribution in [0.3, 0.4) is 0 Å². The molecule has 0 aliphatic heterocycles. The van der Waals surface area contributed by atoms with Crippen LogP contribution in [0.4, 0.5) is 5.69 Å². The van der Waals surface area contributed by atoms with Crippen LogP contribution in [0.2, 0.25) is 0 Å². The summed E-state index contributed by atoms with van der Waals surface area (Å²) in [5, 5.41) is 8.48. The van der Waals surface area contributed by atoms with Crippen molar-refractivity contribution < 1.29 is 14.4 Å². The number of hydrogen-bond donors (Lipinski definition) is 3. The smallest absolute Gasteiger partial charge is 0.253 e. The first-order valence-electron chi connectivity index (χ1n) is 10.5. The molecule has 32 heavy (non-hydrogen) atoms. The van der Waals surface area contributed by atoms with E-state index in [-0.39, 0.29) is 36.7 Å². The van der Waals surface area contributed by atoms with Crippen molar-refractivity contribution in [3.63, 3.8) is 0 Å². The summed E-state index contributed by atoms with van der Waals surface area (Å²) >= 11 is 0. The maximum absolute atomic E-state index is 12.8. The van der Waals surface area contributed by atoms with Crippen molar-refractivity contribution in [2.24, 2.45) is 0 Å². The molecule has 0 aliphatic rings. The summed E-state index contributed by atoms with van der Waals surface area (Å²) in [6.07, 6.45) is 0.0912. The van der Waals surface area contributed by atoms with Crippen molar-refractivity contribution in [2.75, 3.05) is 11.9 Å². The van der Waals surface area contributed by atoms with Gasteiger partial charge in [0.1, 0.15) is 0 Å². The first-order valence-corrected chi connectivity index (χ1v) is 10.5. The van der Waals surface area contributed by atoms with Crippen LogP contribution in [-0.2, 0) is 4.79 Å². The molecule has 0 radical (unpaired) electrons. The van der Waals surface area contributed by atoms with E-state index in [0.717, 1.165) is 11.1 Å². The molecule has 0 fully saturated rings. The van der Waals surface area contributed by atoms with Gasteiger partial charge in [-0.05, 0) is 43.7 Å². The second-order valence-electron chi connectivity index (χ2n) is 7.57. The number of nitrogens with one attached hydrogen (secondary N) is 3. The molecule has 0 bridgehead atoms. The number of carbonyl (C=O) groups is 3. The Bertz CT molecular complexity index is 1100. The Balaban J connectivity index is 1.55. The normalized spacial score (nSPS) is 11.3. The van der Waals surface area contributed by atoms with Gasteiger partial charge in [0.15, 0.2) is 0 Å². The monoisotopic (exact) mass is 429 g/mol. The zero-order valence-electron chi connectivity index (χ0n) is 18.2. The van der Waals surface area contributed by atoms with Gasteiger partial charge in [-0.1, -0.05) is 60.2 Å². The van der Waals surface area contributed by atoms with E-state index in [4.69, 9.17) is 0 Å². The van der Waals surface area contributed by atoms with Crippen molar-refractivity contribution >= 4 is 23.4 Å². The van der Waals surface area contributed by atoms with Gasteiger partial charge in [-0.15, -0.1) is 0 Å². The van der Waals surface area contributed by atoms with Crippen LogP contribution in [0.5, 0.6) is 0 Å². The molecule has 0 aromatic heterocycles. The van der Waals surface area contributed by atoms with E-state index in [9.17, 15) is 14.4 Å². The molecule has 0 saturated heterocycles. The molecule has 6 nitrogen and oxygen atoms in total. The van der Waals surface area contributed by atoms with Gasteiger partial charge in [-0.25, -0.2) is 0 Å². The fourth-order valence-electron chi connectivity index (χ4n) is 3.28. The number of para-hydroxylation sites is 1. The SMILES string of the molecule is Cc1cccc(C(=O)NCCC(=O)Nc2ccccc2C(=O)NC(C)c2ccccc2)c1. The summed E-state index contributed by atoms with van der Waals surface area (Å²) in [4.78, 5) is 37.4. The topological polar surface area (TPSA) is 87.3 Å². The Morgan fingerprint density at radius 2 is 1.56 bits per heavy atom. The maximum Gasteiger partial charge on any atom is 0.253 e. The molecule has 6 heteroatoms. The molecule has 0 aliphatic carbocycles. The lowest BCUT2D eigenvalue weighted by atomic mass is 10.1. The molecule has 3 rings (SSSR count). The Hall–Kier alpha value is -3.93. The summed E-state index contributed by atoms with van der Waals surface area (Å²) in [6, 6.07) is 23.6. The van der Waals surface area contributed by atoms with E-state index in [0.29, 0.717) is 16.8 Å². The van der Waals surface area contributed by atoms with Gasteiger partial charge in [-0.3, -0.25) is 14.4 Å². The molecule has 0 heterocycles. The van der Waals surface area contributed by atoms with Crippen LogP contribution < -0.4 is 16.0 Å². The van der Waals surface area contributed by atoms with Crippen LogP contribution in [-0.4, -0.2) is 24.3 Å². The second-order valence-corrected chi connectivity index (χ2v) is 7.57. The van der Waals surface area contributed by atoms with E-state index in [1.165, 1.54) is 0 Å². The van der Waals surface area contributed by atoms with Crippen molar-refractivity contribution in [1.29, 1.82) is 0 Å². The highest BCUT2D eigenvalue weighted by atomic mass is 16.2. The minimum Gasteiger partial charge on any atom is -0.352 e. The molecule has 3 aromatic carbocycles. The highest BCUT2D eigenvalue weighted by Crippen LogP contribution is 2.18. The number of hydrogen-bond acceptors (Lipinski definition) is 3. The van der Waals surface area contributed by atoms with Gasteiger partial charge in [0.2, 0.25) is 5.91 Å². The molecule has 1 unspecified atom stereocenters. The molecule has 1 atom stereocenters. The van der Waals surface area contributed by atoms with Gasteiger partial charge < -0.3 is 16.0 Å². The summed E-state index contributed by atoms with van der Waals surface area (Å²) < 4.78 is 0. The van der Waals surface area contributed by atoms with Crippen molar-refractivity contribution in [1.82, 2.24) is 10.6 Å². The van der Waals surface area contributed by atoms with Crippen LogP contribution in [0.15, 0.2) is 78.9 Å². The van der Waals surface area contributed by atoms with Crippen LogP contribution in [0, 0.1) is 6.92 Å². The molecular weight excluding hydrogens is 402 g/mol. The Morgan fingerprint density at radius 3 is 2.31 bits per heavy atom. The van der Waals surface area contributed by atoms with E-state index >= 15 is 0 Å². The number of aryl methyl sites for hydroxylation is 1. The Morgan fingerprint density at radius 1 is 0.844 bits per heavy atom. The minimum absolute atomic E-state index is 0.0912. The molecule has 3 N–H and O–H groups in total. The van der Waals surface area contributed by atoms with E-state index in [1.807, 2.05) is 56.3 Å². The standard InChI is InChI=1S/C26H27N3O3/c1-18-9-8-12-21(17-18)25(31)27-16-15-24(30)29-23-14-7-6-13-22(23)26(32)28-19(2)20-10-4-3-5-11-20/h3-14,17,19H,15-16H2,1-2H3,(H,27,31)(H,28,32)(H,29,30). The fraction of sp³-hybridized carbons (Fsp3) is 0.192. The van der Waals surface area contributed by atoms with Gasteiger partial charge in [0.25, 0.3) is 11.8 Å². The number of benzene rings is 3. The minimum atomic E-state index is -0.286. The summed E-state index contributed by atoms with van der Waals surface area (Å²) in [5.74, 6) is -0.785. The van der Waals surface area contributed by atoms with E-state index in [1.54, 1.807) is 36.4 Å². The summed E-state index contributed by atoms with van der Waals surface area (Å²) in [5.41, 5.74) is 3.35. The van der Waals surface area contributed by atoms with Gasteiger partial charge in [0, 0.05) is 18.5 Å². The molecular formula is C26H27N3O3. The van der Waals surface area contributed by atoms with Gasteiger partial charge in [0.05, 0.1) is 17.3 Å². The lowest BCUT2D eigenvalue weighted by Gasteiger charge is -2.16. The summed E-state index contributed by atoms with van der Waals surface area (Å²) in [6.45, 7) is 4.02. The average Bonchev–Trinajstić information content (AvgIpc) is 2.79. The third-order valence-electron chi connectivity index (χ3n) is 5.01. The Kier molecular flexibility index (Phi) is 7.75. The zero-order chi connectivity index (χ0) is 22.9. The Labute approximate surface area is 188 Å². The van der Waals surface area contributed by atoms with Gasteiger partial charge >= 0.3 is 0 Å². The molecule has 0 saturated carbocycles. The second kappa shape index (κ2) is 10.9. The fourth-order valence-corrected chi connectivity index (χ4v) is 3.28. The average molecular weight is 430 g/mol. The van der Waals surface area contributed by atoms with Crippen LogP contribution >= 0.6 is 0 Å². The molecule has 164 valence electrons. The first-order chi connectivity index (χ1) is 15.4. The van der Waals surface area contributed by atoms with E-state index in [2.05, 4.69) is 16.0 Å². The third-order valence-corrected chi connectivity index (χ3v) is 5.01. The van der Waals surface area contributed by atoms with Crippen molar-refractivity contribution in [3.05, 3.63) is 101 Å². The molecule has 3 aromatic rings. The quantitative estimate of drug-likeness (QED) is 0.500. The van der Waals surface area contributed by atoms with Crippen molar-refractivity contribution in [2.45, 2.75) is 26.3 Å². The first kappa shape index (κ1) is 22.7. The lowest BCUT2D eigenvalue weighted by Crippen LogP contribution is -2.29. The van der Waals surface area contributed by atoms with Crippen molar-refractivity contribution in [3.8, 4) is 0 Å². The highest BCUT2D eigenvalue weighted by Gasteiger charge is 2.16. The maximum atomic E-state index is 12.8. The lowest BCUT2D eigenvalue weighted by molar-refractivity contribution is -0.116.